The summed E-state index contributed by atoms with van der Waals surface area (Å²) in [5, 5.41) is 16.2. The number of aryl methyl sites for hydroxylation is 1. The Kier molecular flexibility index (Phi) is 2.99. The second-order valence-electron chi connectivity index (χ2n) is 3.06. The molecule has 0 fully saturated rings. The lowest BCUT2D eigenvalue weighted by molar-refractivity contribution is 0.449. The van der Waals surface area contributed by atoms with Gasteiger partial charge in [-0.25, -0.2) is 4.98 Å². The Morgan fingerprint density at radius 1 is 1.44 bits per heavy atom. The minimum atomic E-state index is -4.34. The average Bonchev–Trinajstić information content (AvgIpc) is 2.51. The van der Waals surface area contributed by atoms with Crippen LogP contribution < -0.4 is 0 Å². The molecule has 0 aliphatic heterocycles. The third kappa shape index (κ3) is 1.89. The van der Waals surface area contributed by atoms with Gasteiger partial charge in [-0.3, -0.25) is 9.12 Å². The maximum absolute atomic E-state index is 11.0. The first-order valence-corrected chi connectivity index (χ1v) is 5.68. The van der Waals surface area contributed by atoms with Crippen LogP contribution in [0.25, 0.3) is 0 Å². The van der Waals surface area contributed by atoms with Gasteiger partial charge in [0.05, 0.1) is 0 Å². The fourth-order valence-corrected chi connectivity index (χ4v) is 1.83. The summed E-state index contributed by atoms with van der Waals surface area (Å²) in [6.07, 6.45) is 0. The minimum Gasteiger partial charge on any atom is -0.299 e. The lowest BCUT2D eigenvalue weighted by Gasteiger charge is -2.12. The Morgan fingerprint density at radius 3 is 2.38 bits per heavy atom. The van der Waals surface area contributed by atoms with Gasteiger partial charge < -0.3 is 0 Å². The summed E-state index contributed by atoms with van der Waals surface area (Å²) in [5.74, 6) is 0.179. The van der Waals surface area contributed by atoms with Gasteiger partial charge in [0.1, 0.15) is 18.0 Å². The molecule has 1 N–H and O–H groups in total. The Labute approximate surface area is 92.3 Å². The molecule has 1 unspecified atom stereocenters. The smallest absolute Gasteiger partial charge is 0.286 e. The van der Waals surface area contributed by atoms with E-state index in [1.54, 1.807) is 12.1 Å². The van der Waals surface area contributed by atoms with Crippen LogP contribution >= 0.6 is 0 Å². The van der Waals surface area contributed by atoms with E-state index in [-0.39, 0.29) is 17.2 Å². The quantitative estimate of drug-likeness (QED) is 0.744. The van der Waals surface area contributed by atoms with Crippen molar-refractivity contribution in [3.63, 3.8) is 0 Å². The highest BCUT2D eigenvalue weighted by atomic mass is 32.2. The van der Waals surface area contributed by atoms with E-state index in [1.807, 2.05) is 0 Å². The molecule has 1 rings (SSSR count). The Morgan fingerprint density at radius 2 is 2.00 bits per heavy atom. The van der Waals surface area contributed by atoms with Crippen molar-refractivity contribution < 1.29 is 13.0 Å². The molecule has 0 saturated heterocycles. The minimum absolute atomic E-state index is 0.157. The number of nitriles is 2. The predicted octanol–water partition coefficient (Wildman–Crippen LogP) is 0.341. The largest absolute Gasteiger partial charge is 0.299 e. The normalized spacial score (nSPS) is 12.8. The molecule has 1 atom stereocenters. The van der Waals surface area contributed by atoms with Gasteiger partial charge in [0.15, 0.2) is 16.8 Å². The molecule has 0 aromatic carbocycles. The van der Waals surface area contributed by atoms with Crippen LogP contribution in [0.2, 0.25) is 0 Å². The highest BCUT2D eigenvalue weighted by Crippen LogP contribution is 2.20. The molecular weight excluding hydrogens is 232 g/mol. The maximum atomic E-state index is 11.0. The zero-order valence-corrected chi connectivity index (χ0v) is 9.35. The van der Waals surface area contributed by atoms with E-state index < -0.39 is 15.5 Å². The number of nitrogens with zero attached hydrogens (tertiary/aromatic N) is 4. The Hall–Kier alpha value is -1.90. The molecule has 0 radical (unpaired) electrons. The average molecular weight is 240 g/mol. The van der Waals surface area contributed by atoms with Crippen molar-refractivity contribution in [2.45, 2.75) is 19.2 Å². The zero-order chi connectivity index (χ0) is 12.5. The zero-order valence-electron chi connectivity index (χ0n) is 8.54. The van der Waals surface area contributed by atoms with E-state index in [9.17, 15) is 8.42 Å². The second-order valence-corrected chi connectivity index (χ2v) is 4.78. The predicted molar refractivity (Wildman–Crippen MR) is 52.7 cm³/mol. The van der Waals surface area contributed by atoms with Crippen molar-refractivity contribution in [1.29, 1.82) is 10.5 Å². The molecule has 1 aromatic rings. The van der Waals surface area contributed by atoms with Gasteiger partial charge in [-0.05, 0) is 13.8 Å². The van der Waals surface area contributed by atoms with E-state index in [1.165, 1.54) is 13.8 Å². The number of imidazole rings is 1. The maximum Gasteiger partial charge on any atom is 0.286 e. The molecular formula is C8H8N4O3S. The van der Waals surface area contributed by atoms with Crippen molar-refractivity contribution >= 4 is 10.1 Å². The second kappa shape index (κ2) is 3.93. The molecule has 0 aliphatic rings. The van der Waals surface area contributed by atoms with Crippen molar-refractivity contribution in [3.05, 3.63) is 17.2 Å². The molecule has 7 nitrogen and oxygen atoms in total. The first-order chi connectivity index (χ1) is 7.32. The first kappa shape index (κ1) is 12.2. The number of hydrogen-bond donors (Lipinski definition) is 1. The van der Waals surface area contributed by atoms with Crippen LogP contribution in [0.4, 0.5) is 0 Å². The van der Waals surface area contributed by atoms with Crippen LogP contribution in [0.5, 0.6) is 0 Å². The highest BCUT2D eigenvalue weighted by molar-refractivity contribution is 7.85. The van der Waals surface area contributed by atoms with Gasteiger partial charge in [0, 0.05) is 0 Å². The van der Waals surface area contributed by atoms with Gasteiger partial charge in [-0.15, -0.1) is 0 Å². The van der Waals surface area contributed by atoms with E-state index >= 15 is 0 Å². The van der Waals surface area contributed by atoms with Gasteiger partial charge in [0.2, 0.25) is 0 Å². The standard InChI is InChI=1S/C8H8N4O3S/c1-5-11-7(3-9)8(4-10)12(5)6(2)16(13,14)15/h6H,1-2H3,(H,13,14,15). The molecule has 16 heavy (non-hydrogen) atoms. The summed E-state index contributed by atoms with van der Waals surface area (Å²) >= 11 is 0. The Bertz CT molecular complexity index is 602. The lowest BCUT2D eigenvalue weighted by Crippen LogP contribution is -2.18. The van der Waals surface area contributed by atoms with Gasteiger partial charge in [-0.2, -0.15) is 18.9 Å². The molecule has 0 bridgehead atoms. The van der Waals surface area contributed by atoms with Crippen LogP contribution in [-0.4, -0.2) is 22.5 Å². The van der Waals surface area contributed by atoms with Crippen LogP contribution in [-0.2, 0) is 10.1 Å². The van der Waals surface area contributed by atoms with Crippen molar-refractivity contribution in [1.82, 2.24) is 9.55 Å². The number of rotatable bonds is 2. The summed E-state index contributed by atoms with van der Waals surface area (Å²) in [6, 6.07) is 3.37. The summed E-state index contributed by atoms with van der Waals surface area (Å²) in [5.41, 5.74) is -0.333. The first-order valence-electron chi connectivity index (χ1n) is 4.18. The van der Waals surface area contributed by atoms with E-state index in [4.69, 9.17) is 15.1 Å². The number of aromatic nitrogens is 2. The van der Waals surface area contributed by atoms with Crippen LogP contribution in [0.15, 0.2) is 0 Å². The molecule has 0 aliphatic carbocycles. The Balaban J connectivity index is 3.54. The third-order valence-corrected chi connectivity index (χ3v) is 3.17. The van der Waals surface area contributed by atoms with Crippen molar-refractivity contribution in [3.8, 4) is 12.1 Å². The summed E-state index contributed by atoms with van der Waals surface area (Å²) in [7, 11) is -4.34. The van der Waals surface area contributed by atoms with E-state index in [2.05, 4.69) is 4.98 Å². The van der Waals surface area contributed by atoms with Crippen LogP contribution in [0, 0.1) is 29.6 Å². The molecule has 0 amide bonds. The molecule has 0 spiro atoms. The fraction of sp³-hybridized carbons (Fsp3) is 0.375. The highest BCUT2D eigenvalue weighted by Gasteiger charge is 2.26. The molecule has 84 valence electrons. The molecule has 8 heteroatoms. The monoisotopic (exact) mass is 240 g/mol. The fourth-order valence-electron chi connectivity index (χ4n) is 1.31. The van der Waals surface area contributed by atoms with Gasteiger partial charge >= 0.3 is 0 Å². The van der Waals surface area contributed by atoms with Gasteiger partial charge in [-0.1, -0.05) is 0 Å². The topological polar surface area (TPSA) is 120 Å². The molecule has 1 aromatic heterocycles. The summed E-state index contributed by atoms with van der Waals surface area (Å²) < 4.78 is 31.8. The van der Waals surface area contributed by atoms with Crippen LogP contribution in [0.3, 0.4) is 0 Å². The van der Waals surface area contributed by atoms with Crippen molar-refractivity contribution in [2.75, 3.05) is 0 Å². The van der Waals surface area contributed by atoms with Gasteiger partial charge in [0.25, 0.3) is 10.1 Å². The van der Waals surface area contributed by atoms with E-state index in [0.717, 1.165) is 4.57 Å². The summed E-state index contributed by atoms with van der Waals surface area (Å²) in [6.45, 7) is 2.65. The molecule has 1 heterocycles. The number of hydrogen-bond acceptors (Lipinski definition) is 5. The SMILES string of the molecule is Cc1nc(C#N)c(C#N)n1C(C)S(=O)(=O)O. The van der Waals surface area contributed by atoms with Crippen LogP contribution in [0.1, 0.15) is 29.5 Å². The van der Waals surface area contributed by atoms with E-state index in [0.29, 0.717) is 0 Å². The molecule has 0 saturated carbocycles. The summed E-state index contributed by atoms with van der Waals surface area (Å²) in [4.78, 5) is 3.74. The lowest BCUT2D eigenvalue weighted by atomic mass is 10.3. The van der Waals surface area contributed by atoms with Crippen molar-refractivity contribution in [2.24, 2.45) is 0 Å². The third-order valence-electron chi connectivity index (χ3n) is 2.09.